The third-order valence-electron chi connectivity index (χ3n) is 2.37. The van der Waals surface area contributed by atoms with Gasteiger partial charge in [-0.3, -0.25) is 0 Å². The van der Waals surface area contributed by atoms with Crippen molar-refractivity contribution in [3.05, 3.63) is 12.2 Å². The summed E-state index contributed by atoms with van der Waals surface area (Å²) >= 11 is 0. The second-order valence-electron chi connectivity index (χ2n) is 4.30. The zero-order valence-corrected chi connectivity index (χ0v) is 8.31. The largest absolute Gasteiger partial charge is 0.389 e. The molecule has 1 N–H and O–H groups in total. The van der Waals surface area contributed by atoms with Crippen LogP contribution in [0.4, 0.5) is 0 Å². The summed E-state index contributed by atoms with van der Waals surface area (Å²) in [4.78, 5) is 0. The second kappa shape index (κ2) is 3.40. The van der Waals surface area contributed by atoms with E-state index in [1.165, 1.54) is 0 Å². The van der Waals surface area contributed by atoms with Gasteiger partial charge in [-0.05, 0) is 25.7 Å². The Bertz CT molecular complexity index is 137. The number of aliphatic hydroxyl groups is 1. The van der Waals surface area contributed by atoms with Crippen molar-refractivity contribution < 1.29 is 5.11 Å². The van der Waals surface area contributed by atoms with Crippen LogP contribution in [-0.4, -0.2) is 10.7 Å². The van der Waals surface area contributed by atoms with E-state index in [9.17, 15) is 5.11 Å². The predicted octanol–water partition coefficient (Wildman–Crippen LogP) is 2.75. The van der Waals surface area contributed by atoms with Crippen LogP contribution in [0.2, 0.25) is 0 Å². The molecule has 0 aliphatic carbocycles. The molecule has 0 radical (unpaired) electrons. The molecule has 1 nitrogen and oxygen atoms in total. The lowest BCUT2D eigenvalue weighted by molar-refractivity contribution is -0.0383. The average molecular weight is 156 g/mol. The summed E-state index contributed by atoms with van der Waals surface area (Å²) in [6.45, 7) is 10.0. The first-order chi connectivity index (χ1) is 4.81. The van der Waals surface area contributed by atoms with Gasteiger partial charge in [-0.15, -0.1) is 0 Å². The molecule has 0 saturated heterocycles. The van der Waals surface area contributed by atoms with Gasteiger partial charge >= 0.3 is 0 Å². The van der Waals surface area contributed by atoms with Gasteiger partial charge in [0.05, 0.1) is 5.60 Å². The molecule has 66 valence electrons. The molecule has 0 heterocycles. The number of hydrogen-bond donors (Lipinski definition) is 1. The Kier molecular flexibility index (Phi) is 3.30. The number of rotatable bonds is 2. The molecule has 11 heavy (non-hydrogen) atoms. The first kappa shape index (κ1) is 10.7. The maximum absolute atomic E-state index is 9.93. The zero-order chi connectivity index (χ0) is 9.12. The van der Waals surface area contributed by atoms with E-state index in [4.69, 9.17) is 0 Å². The van der Waals surface area contributed by atoms with Crippen molar-refractivity contribution in [1.82, 2.24) is 0 Å². The summed E-state index contributed by atoms with van der Waals surface area (Å²) in [7, 11) is 0. The molecular formula is C10H20O. The summed E-state index contributed by atoms with van der Waals surface area (Å²) in [5, 5.41) is 9.93. The third-order valence-corrected chi connectivity index (χ3v) is 2.37. The summed E-state index contributed by atoms with van der Waals surface area (Å²) in [5.74, 6) is 0. The van der Waals surface area contributed by atoms with E-state index < -0.39 is 5.60 Å². The number of allylic oxidation sites excluding steroid dienone is 1. The van der Waals surface area contributed by atoms with Crippen LogP contribution in [0.15, 0.2) is 12.2 Å². The minimum atomic E-state index is -0.598. The Hall–Kier alpha value is -0.300. The Morgan fingerprint density at radius 3 is 1.91 bits per heavy atom. The van der Waals surface area contributed by atoms with Crippen LogP contribution < -0.4 is 0 Å². The van der Waals surface area contributed by atoms with Crippen molar-refractivity contribution in [3.63, 3.8) is 0 Å². The van der Waals surface area contributed by atoms with Crippen LogP contribution >= 0.6 is 0 Å². The Morgan fingerprint density at radius 2 is 1.64 bits per heavy atom. The fraction of sp³-hybridized carbons (Fsp3) is 0.800. The van der Waals surface area contributed by atoms with Gasteiger partial charge in [0.1, 0.15) is 0 Å². The molecule has 0 saturated carbocycles. The molecule has 0 amide bonds. The van der Waals surface area contributed by atoms with E-state index in [0.717, 1.165) is 6.42 Å². The van der Waals surface area contributed by atoms with Gasteiger partial charge in [0.2, 0.25) is 0 Å². The van der Waals surface area contributed by atoms with Gasteiger partial charge in [0, 0.05) is 0 Å². The Labute approximate surface area is 70.1 Å². The lowest BCUT2D eigenvalue weighted by Gasteiger charge is -2.36. The van der Waals surface area contributed by atoms with Gasteiger partial charge in [-0.2, -0.15) is 0 Å². The smallest absolute Gasteiger partial charge is 0.0702 e. The standard InChI is InChI=1S/C10H20O/c1-6-7-8-10(5,11)9(2,3)4/h6-7,11H,8H2,1-5H3. The highest BCUT2D eigenvalue weighted by Crippen LogP contribution is 2.32. The Balaban J connectivity index is 4.22. The number of hydrogen-bond acceptors (Lipinski definition) is 1. The van der Waals surface area contributed by atoms with E-state index in [2.05, 4.69) is 20.8 Å². The van der Waals surface area contributed by atoms with Gasteiger partial charge in [-0.25, -0.2) is 0 Å². The van der Waals surface area contributed by atoms with E-state index in [1.807, 2.05) is 26.0 Å². The molecule has 1 atom stereocenters. The van der Waals surface area contributed by atoms with Crippen molar-refractivity contribution in [1.29, 1.82) is 0 Å². The van der Waals surface area contributed by atoms with Gasteiger partial charge in [0.15, 0.2) is 0 Å². The maximum Gasteiger partial charge on any atom is 0.0702 e. The van der Waals surface area contributed by atoms with Crippen LogP contribution in [0.1, 0.15) is 41.0 Å². The molecule has 0 aromatic rings. The molecular weight excluding hydrogens is 136 g/mol. The first-order valence-corrected chi connectivity index (χ1v) is 4.15. The molecule has 0 aliphatic rings. The summed E-state index contributed by atoms with van der Waals surface area (Å²) in [6.07, 6.45) is 4.71. The zero-order valence-electron chi connectivity index (χ0n) is 8.31. The van der Waals surface area contributed by atoms with Crippen molar-refractivity contribution in [2.24, 2.45) is 5.41 Å². The molecule has 0 aromatic carbocycles. The predicted molar refractivity (Wildman–Crippen MR) is 49.5 cm³/mol. The summed E-state index contributed by atoms with van der Waals surface area (Å²) in [5.41, 5.74) is -0.647. The van der Waals surface area contributed by atoms with Crippen molar-refractivity contribution >= 4 is 0 Å². The molecule has 0 bridgehead atoms. The molecule has 1 unspecified atom stereocenters. The van der Waals surface area contributed by atoms with Crippen LogP contribution in [0, 0.1) is 5.41 Å². The highest BCUT2D eigenvalue weighted by molar-refractivity contribution is 4.93. The SMILES string of the molecule is CC=CCC(C)(O)C(C)(C)C. The first-order valence-electron chi connectivity index (χ1n) is 4.15. The van der Waals surface area contributed by atoms with Crippen LogP contribution in [0.25, 0.3) is 0 Å². The topological polar surface area (TPSA) is 20.2 Å². The van der Waals surface area contributed by atoms with E-state index >= 15 is 0 Å². The normalized spacial score (nSPS) is 18.7. The summed E-state index contributed by atoms with van der Waals surface area (Å²) in [6, 6.07) is 0. The molecule has 1 heteroatoms. The molecule has 0 aliphatic heterocycles. The van der Waals surface area contributed by atoms with E-state index in [1.54, 1.807) is 0 Å². The highest BCUT2D eigenvalue weighted by atomic mass is 16.3. The maximum atomic E-state index is 9.93. The fourth-order valence-corrected chi connectivity index (χ4v) is 0.654. The Morgan fingerprint density at radius 1 is 1.18 bits per heavy atom. The molecule has 0 aromatic heterocycles. The summed E-state index contributed by atoms with van der Waals surface area (Å²) < 4.78 is 0. The van der Waals surface area contributed by atoms with Crippen molar-refractivity contribution in [2.75, 3.05) is 0 Å². The van der Waals surface area contributed by atoms with Gasteiger partial charge in [-0.1, -0.05) is 32.9 Å². The minimum Gasteiger partial charge on any atom is -0.389 e. The van der Waals surface area contributed by atoms with E-state index in [-0.39, 0.29) is 5.41 Å². The lowest BCUT2D eigenvalue weighted by Crippen LogP contribution is -2.39. The third kappa shape index (κ3) is 3.06. The monoisotopic (exact) mass is 156 g/mol. The molecule has 0 spiro atoms. The highest BCUT2D eigenvalue weighted by Gasteiger charge is 2.33. The van der Waals surface area contributed by atoms with Crippen molar-refractivity contribution in [2.45, 2.75) is 46.6 Å². The molecule has 0 rings (SSSR count). The van der Waals surface area contributed by atoms with Crippen LogP contribution in [0.3, 0.4) is 0 Å². The minimum absolute atomic E-state index is 0.0491. The van der Waals surface area contributed by atoms with Gasteiger partial charge < -0.3 is 5.11 Å². The second-order valence-corrected chi connectivity index (χ2v) is 4.30. The quantitative estimate of drug-likeness (QED) is 0.609. The fourth-order valence-electron chi connectivity index (χ4n) is 0.654. The van der Waals surface area contributed by atoms with Crippen LogP contribution in [-0.2, 0) is 0 Å². The average Bonchev–Trinajstić information content (AvgIpc) is 1.81. The van der Waals surface area contributed by atoms with Crippen LogP contribution in [0.5, 0.6) is 0 Å². The lowest BCUT2D eigenvalue weighted by atomic mass is 9.76. The van der Waals surface area contributed by atoms with Gasteiger partial charge in [0.25, 0.3) is 0 Å². The van der Waals surface area contributed by atoms with E-state index in [0.29, 0.717) is 0 Å². The molecule has 0 fully saturated rings. The van der Waals surface area contributed by atoms with Crippen molar-refractivity contribution in [3.8, 4) is 0 Å².